The molecule has 1 fully saturated rings. The van der Waals surface area contributed by atoms with E-state index in [2.05, 4.69) is 20.1 Å². The molecule has 0 aliphatic carbocycles. The molecule has 8 nitrogen and oxygen atoms in total. The Balaban J connectivity index is 1.64. The summed E-state index contributed by atoms with van der Waals surface area (Å²) < 4.78 is 46.8. The van der Waals surface area contributed by atoms with E-state index in [0.717, 1.165) is 6.07 Å². The van der Waals surface area contributed by atoms with Crippen molar-refractivity contribution in [2.24, 2.45) is 0 Å². The number of piperidine rings is 1. The standard InChI is InChI=1S/C15H14ClF3N4O4/c16-8-5-9(7-11(6-8)27-15(17,18)19)23-3-1-10(2-4-23)26-13-12(14(24)25)20-22-21-13/h5-7,10H,1-4H2,(H,24,25)(H,20,21,22). The lowest BCUT2D eigenvalue weighted by Gasteiger charge is -2.33. The van der Waals surface area contributed by atoms with Crippen molar-refractivity contribution >= 4 is 23.3 Å². The third kappa shape index (κ3) is 4.94. The number of aromatic carboxylic acids is 1. The van der Waals surface area contributed by atoms with Gasteiger partial charge >= 0.3 is 12.3 Å². The number of carboxylic acid groups (broad SMARTS) is 1. The largest absolute Gasteiger partial charge is 0.573 e. The molecular formula is C15H14ClF3N4O4. The molecule has 0 spiro atoms. The number of alkyl halides is 3. The molecule has 1 aromatic carbocycles. The van der Waals surface area contributed by atoms with Gasteiger partial charge in [-0.2, -0.15) is 0 Å². The van der Waals surface area contributed by atoms with E-state index in [1.807, 2.05) is 4.90 Å². The average Bonchev–Trinajstić information content (AvgIpc) is 3.01. The van der Waals surface area contributed by atoms with Gasteiger partial charge in [-0.3, -0.25) is 0 Å². The third-order valence-electron chi connectivity index (χ3n) is 3.91. The maximum absolute atomic E-state index is 12.4. The van der Waals surface area contributed by atoms with Gasteiger partial charge in [0.2, 0.25) is 5.69 Å². The van der Waals surface area contributed by atoms with Crippen LogP contribution < -0.4 is 14.4 Å². The molecule has 1 saturated heterocycles. The Morgan fingerprint density at radius 3 is 2.63 bits per heavy atom. The molecule has 2 heterocycles. The highest BCUT2D eigenvalue weighted by atomic mass is 35.5. The predicted octanol–water partition coefficient (Wildman–Crippen LogP) is 3.10. The summed E-state index contributed by atoms with van der Waals surface area (Å²) in [6, 6.07) is 3.90. The van der Waals surface area contributed by atoms with Crippen LogP contribution in [0, 0.1) is 0 Å². The Morgan fingerprint density at radius 1 is 1.30 bits per heavy atom. The molecule has 0 bridgehead atoms. The zero-order valence-electron chi connectivity index (χ0n) is 13.7. The monoisotopic (exact) mass is 406 g/mol. The average molecular weight is 407 g/mol. The van der Waals surface area contributed by atoms with Crippen molar-refractivity contribution in [1.82, 2.24) is 15.4 Å². The van der Waals surface area contributed by atoms with Gasteiger partial charge in [0.15, 0.2) is 0 Å². The molecule has 0 unspecified atom stereocenters. The number of anilines is 1. The quantitative estimate of drug-likeness (QED) is 0.786. The first-order chi connectivity index (χ1) is 12.7. The number of rotatable bonds is 5. The van der Waals surface area contributed by atoms with Crippen LogP contribution in [0.15, 0.2) is 18.2 Å². The number of halogens is 4. The highest BCUT2D eigenvalue weighted by molar-refractivity contribution is 6.31. The Bertz CT molecular complexity index is 822. The van der Waals surface area contributed by atoms with E-state index < -0.39 is 18.1 Å². The second-order valence-electron chi connectivity index (χ2n) is 5.79. The maximum atomic E-state index is 12.4. The molecular weight excluding hydrogens is 393 g/mol. The summed E-state index contributed by atoms with van der Waals surface area (Å²) >= 11 is 5.90. The van der Waals surface area contributed by atoms with E-state index in [4.69, 9.17) is 21.4 Å². The lowest BCUT2D eigenvalue weighted by molar-refractivity contribution is -0.274. The van der Waals surface area contributed by atoms with Gasteiger partial charge in [0.1, 0.15) is 11.9 Å². The number of ether oxygens (including phenoxy) is 2. The lowest BCUT2D eigenvalue weighted by atomic mass is 10.1. The van der Waals surface area contributed by atoms with Crippen LogP contribution in [0.4, 0.5) is 18.9 Å². The Labute approximate surface area is 155 Å². The summed E-state index contributed by atoms with van der Waals surface area (Å²) in [7, 11) is 0. The van der Waals surface area contributed by atoms with Crippen LogP contribution in [0.3, 0.4) is 0 Å². The van der Waals surface area contributed by atoms with Crippen LogP contribution in [0.25, 0.3) is 0 Å². The molecule has 1 aromatic heterocycles. The Kier molecular flexibility index (Phi) is 5.31. The number of H-pyrrole nitrogens is 1. The molecule has 0 amide bonds. The number of carbonyl (C=O) groups is 1. The van der Waals surface area contributed by atoms with Gasteiger partial charge in [-0.05, 0) is 12.1 Å². The van der Waals surface area contributed by atoms with Crippen LogP contribution in [-0.2, 0) is 0 Å². The first kappa shape index (κ1) is 19.1. The molecule has 1 aliphatic rings. The number of carboxylic acids is 1. The highest BCUT2D eigenvalue weighted by Gasteiger charge is 2.32. The Morgan fingerprint density at radius 2 is 2.00 bits per heavy atom. The molecule has 0 saturated carbocycles. The van der Waals surface area contributed by atoms with Crippen LogP contribution >= 0.6 is 11.6 Å². The number of hydrogen-bond acceptors (Lipinski definition) is 6. The fourth-order valence-corrected chi connectivity index (χ4v) is 2.97. The number of benzene rings is 1. The number of nitrogens with one attached hydrogen (secondary N) is 1. The van der Waals surface area contributed by atoms with Crippen molar-refractivity contribution in [2.45, 2.75) is 25.3 Å². The van der Waals surface area contributed by atoms with Crippen LogP contribution in [0.2, 0.25) is 5.02 Å². The summed E-state index contributed by atoms with van der Waals surface area (Å²) in [6.45, 7) is 0.938. The summed E-state index contributed by atoms with van der Waals surface area (Å²) in [5.74, 6) is -1.72. The minimum Gasteiger partial charge on any atom is -0.476 e. The Hall–Kier alpha value is -2.69. The lowest BCUT2D eigenvalue weighted by Crippen LogP contribution is -2.38. The fraction of sp³-hybridized carbons (Fsp3) is 0.400. The summed E-state index contributed by atoms with van der Waals surface area (Å²) in [5.41, 5.74) is 0.258. The second-order valence-corrected chi connectivity index (χ2v) is 6.23. The van der Waals surface area contributed by atoms with Gasteiger partial charge in [-0.1, -0.05) is 21.9 Å². The van der Waals surface area contributed by atoms with Crippen molar-refractivity contribution in [3.8, 4) is 11.6 Å². The fourth-order valence-electron chi connectivity index (χ4n) is 2.75. The first-order valence-electron chi connectivity index (χ1n) is 7.83. The molecule has 1 aliphatic heterocycles. The van der Waals surface area contributed by atoms with Gasteiger partial charge in [-0.15, -0.1) is 13.2 Å². The van der Waals surface area contributed by atoms with E-state index in [-0.39, 0.29) is 22.7 Å². The van der Waals surface area contributed by atoms with Crippen LogP contribution in [0.5, 0.6) is 11.6 Å². The zero-order chi connectivity index (χ0) is 19.6. The predicted molar refractivity (Wildman–Crippen MR) is 87.3 cm³/mol. The molecule has 146 valence electrons. The molecule has 12 heteroatoms. The SMILES string of the molecule is O=C(O)c1[nH]nnc1OC1CCN(c2cc(Cl)cc(OC(F)(F)F)c2)CC1. The molecule has 3 rings (SSSR count). The van der Waals surface area contributed by atoms with Crippen molar-refractivity contribution < 1.29 is 32.5 Å². The van der Waals surface area contributed by atoms with Gasteiger partial charge in [-0.25, -0.2) is 9.89 Å². The number of aromatic nitrogens is 3. The van der Waals surface area contributed by atoms with Gasteiger partial charge in [0.05, 0.1) is 0 Å². The van der Waals surface area contributed by atoms with Crippen LogP contribution in [0.1, 0.15) is 23.3 Å². The minimum absolute atomic E-state index is 0.0930. The number of nitrogens with zero attached hydrogens (tertiary/aromatic N) is 3. The smallest absolute Gasteiger partial charge is 0.476 e. The second kappa shape index (κ2) is 7.51. The molecule has 2 N–H and O–H groups in total. The third-order valence-corrected chi connectivity index (χ3v) is 4.12. The van der Waals surface area contributed by atoms with Crippen molar-refractivity contribution in [2.75, 3.05) is 18.0 Å². The summed E-state index contributed by atoms with van der Waals surface area (Å²) in [4.78, 5) is 12.9. The highest BCUT2D eigenvalue weighted by Crippen LogP contribution is 2.32. The maximum Gasteiger partial charge on any atom is 0.573 e. The topological polar surface area (TPSA) is 101 Å². The van der Waals surface area contributed by atoms with E-state index >= 15 is 0 Å². The summed E-state index contributed by atoms with van der Waals surface area (Å²) in [5, 5.41) is 18.4. The molecule has 0 atom stereocenters. The van der Waals surface area contributed by atoms with Gasteiger partial charge < -0.3 is 19.5 Å². The molecule has 0 radical (unpaired) electrons. The van der Waals surface area contributed by atoms with E-state index in [1.165, 1.54) is 6.07 Å². The molecule has 2 aromatic rings. The minimum atomic E-state index is -4.80. The van der Waals surface area contributed by atoms with Crippen molar-refractivity contribution in [3.63, 3.8) is 0 Å². The number of hydrogen-bond donors (Lipinski definition) is 2. The van der Waals surface area contributed by atoms with Gasteiger partial charge in [0.25, 0.3) is 5.88 Å². The van der Waals surface area contributed by atoms with Gasteiger partial charge in [0, 0.05) is 42.7 Å². The van der Waals surface area contributed by atoms with Crippen molar-refractivity contribution in [3.05, 3.63) is 28.9 Å². The number of aromatic amines is 1. The van der Waals surface area contributed by atoms with E-state index in [1.54, 1.807) is 6.07 Å². The first-order valence-corrected chi connectivity index (χ1v) is 8.21. The van der Waals surface area contributed by atoms with E-state index in [9.17, 15) is 18.0 Å². The van der Waals surface area contributed by atoms with Crippen molar-refractivity contribution in [1.29, 1.82) is 0 Å². The normalized spacial score (nSPS) is 15.6. The zero-order valence-corrected chi connectivity index (χ0v) is 14.4. The summed E-state index contributed by atoms with van der Waals surface area (Å²) in [6.07, 6.45) is -4.08. The van der Waals surface area contributed by atoms with Crippen LogP contribution in [-0.4, -0.2) is 52.0 Å². The molecule has 27 heavy (non-hydrogen) atoms. The van der Waals surface area contributed by atoms with E-state index in [0.29, 0.717) is 31.6 Å².